The van der Waals surface area contributed by atoms with Gasteiger partial charge in [-0.3, -0.25) is 9.69 Å². The summed E-state index contributed by atoms with van der Waals surface area (Å²) in [5.74, 6) is -0.420. The number of hydrogen-bond acceptors (Lipinski definition) is 4. The average molecular weight is 515 g/mol. The number of rotatable bonds is 7. The number of piperidine rings is 1. The summed E-state index contributed by atoms with van der Waals surface area (Å²) in [4.78, 5) is 20.4. The van der Waals surface area contributed by atoms with Gasteiger partial charge in [-0.25, -0.2) is 0 Å². The number of carbonyl (C=O) groups excluding carboxylic acids is 1. The van der Waals surface area contributed by atoms with E-state index >= 15 is 0 Å². The number of anilines is 1. The van der Waals surface area contributed by atoms with Crippen LogP contribution in [0.15, 0.2) is 48.5 Å². The fourth-order valence-electron chi connectivity index (χ4n) is 6.15. The van der Waals surface area contributed by atoms with E-state index in [1.54, 1.807) is 6.07 Å². The molecule has 0 spiro atoms. The number of hydrogen-bond donors (Lipinski definition) is 1. The van der Waals surface area contributed by atoms with Crippen molar-refractivity contribution in [1.82, 2.24) is 15.1 Å². The highest BCUT2D eigenvalue weighted by molar-refractivity contribution is 5.82. The number of halogens is 3. The first-order valence-electron chi connectivity index (χ1n) is 13.6. The van der Waals surface area contributed by atoms with Gasteiger partial charge in [0.05, 0.1) is 17.5 Å². The smallest absolute Gasteiger partial charge is 0.365 e. The summed E-state index contributed by atoms with van der Waals surface area (Å²) in [7, 11) is 0. The van der Waals surface area contributed by atoms with Gasteiger partial charge >= 0.3 is 6.18 Å². The van der Waals surface area contributed by atoms with Crippen LogP contribution in [0, 0.1) is 5.92 Å². The molecule has 0 saturated carbocycles. The number of nitrogens with one attached hydrogen (secondary N) is 1. The van der Waals surface area contributed by atoms with E-state index in [4.69, 9.17) is 0 Å². The molecule has 0 bridgehead atoms. The van der Waals surface area contributed by atoms with Crippen LogP contribution in [0.2, 0.25) is 0 Å². The molecule has 2 fully saturated rings. The predicted molar refractivity (Wildman–Crippen MR) is 140 cm³/mol. The number of nitrogens with zero attached hydrogens (tertiary/aromatic N) is 3. The third-order valence-electron chi connectivity index (χ3n) is 8.20. The lowest BCUT2D eigenvalue weighted by atomic mass is 9.82. The number of amides is 1. The van der Waals surface area contributed by atoms with Gasteiger partial charge in [0, 0.05) is 45.0 Å². The predicted octanol–water partition coefficient (Wildman–Crippen LogP) is 4.21. The van der Waals surface area contributed by atoms with E-state index in [0.717, 1.165) is 51.4 Å². The molecule has 37 heavy (non-hydrogen) atoms. The molecule has 0 aliphatic carbocycles. The zero-order valence-electron chi connectivity index (χ0n) is 21.3. The van der Waals surface area contributed by atoms with Crippen LogP contribution in [0.3, 0.4) is 0 Å². The Labute approximate surface area is 217 Å². The fraction of sp³-hybridized carbons (Fsp3) is 0.552. The molecule has 3 aliphatic rings. The molecule has 5 nitrogen and oxygen atoms in total. The van der Waals surface area contributed by atoms with E-state index in [9.17, 15) is 18.0 Å². The van der Waals surface area contributed by atoms with Gasteiger partial charge in [-0.1, -0.05) is 36.8 Å². The molecule has 1 N–H and O–H groups in total. The molecular weight excluding hydrogens is 477 g/mol. The lowest BCUT2D eigenvalue weighted by Gasteiger charge is -2.49. The Kier molecular flexibility index (Phi) is 8.05. The van der Waals surface area contributed by atoms with E-state index in [2.05, 4.69) is 32.1 Å². The second-order valence-electron chi connectivity index (χ2n) is 10.6. The molecule has 3 heterocycles. The van der Waals surface area contributed by atoms with E-state index < -0.39 is 11.7 Å². The van der Waals surface area contributed by atoms with Crippen molar-refractivity contribution in [2.24, 2.45) is 5.92 Å². The summed E-state index contributed by atoms with van der Waals surface area (Å²) < 4.78 is 40.4. The highest BCUT2D eigenvalue weighted by Crippen LogP contribution is 2.39. The highest BCUT2D eigenvalue weighted by atomic mass is 19.4. The SMILES string of the molecule is O=C(NCCN1CCCCC1)[C@H]1Cc2cc(C(F)(F)F)ccc2N2CCN(CCc3ccccc3)C[C@@H]12. The van der Waals surface area contributed by atoms with E-state index in [1.165, 1.54) is 37.0 Å². The molecule has 1 amide bonds. The minimum Gasteiger partial charge on any atom is -0.365 e. The van der Waals surface area contributed by atoms with E-state index in [0.29, 0.717) is 25.1 Å². The molecule has 0 unspecified atom stereocenters. The number of carbonyl (C=O) groups is 1. The Morgan fingerprint density at radius 1 is 0.919 bits per heavy atom. The van der Waals surface area contributed by atoms with Crippen molar-refractivity contribution in [3.05, 3.63) is 65.2 Å². The van der Waals surface area contributed by atoms with Crippen LogP contribution in [-0.4, -0.2) is 74.1 Å². The highest BCUT2D eigenvalue weighted by Gasteiger charge is 2.42. The Bertz CT molecular complexity index is 1050. The quantitative estimate of drug-likeness (QED) is 0.601. The maximum Gasteiger partial charge on any atom is 0.416 e. The van der Waals surface area contributed by atoms with Crippen LogP contribution in [0.25, 0.3) is 0 Å². The van der Waals surface area contributed by atoms with Gasteiger partial charge < -0.3 is 15.1 Å². The largest absolute Gasteiger partial charge is 0.416 e. The third-order valence-corrected chi connectivity index (χ3v) is 8.20. The van der Waals surface area contributed by atoms with Crippen molar-refractivity contribution in [1.29, 1.82) is 0 Å². The number of benzene rings is 2. The van der Waals surface area contributed by atoms with Crippen molar-refractivity contribution < 1.29 is 18.0 Å². The topological polar surface area (TPSA) is 38.8 Å². The minimum atomic E-state index is -4.39. The first-order chi connectivity index (χ1) is 17.9. The lowest BCUT2D eigenvalue weighted by molar-refractivity contribution is -0.137. The zero-order chi connectivity index (χ0) is 25.8. The molecule has 0 aromatic heterocycles. The number of piperazine rings is 1. The van der Waals surface area contributed by atoms with Crippen LogP contribution in [-0.2, 0) is 23.8 Å². The molecular formula is C29H37F3N4O. The normalized spacial score (nSPS) is 22.8. The van der Waals surface area contributed by atoms with Gasteiger partial charge in [0.25, 0.3) is 0 Å². The third kappa shape index (κ3) is 6.29. The van der Waals surface area contributed by atoms with Crippen molar-refractivity contribution in [3.8, 4) is 0 Å². The summed E-state index contributed by atoms with van der Waals surface area (Å²) in [5.41, 5.74) is 2.11. The molecule has 8 heteroatoms. The maximum atomic E-state index is 13.5. The second-order valence-corrected chi connectivity index (χ2v) is 10.6. The summed E-state index contributed by atoms with van der Waals surface area (Å²) in [6.07, 6.45) is 0.542. The lowest BCUT2D eigenvalue weighted by Crippen LogP contribution is -2.61. The van der Waals surface area contributed by atoms with Crippen molar-refractivity contribution >= 4 is 11.6 Å². The molecule has 2 aromatic rings. The Morgan fingerprint density at radius 3 is 2.46 bits per heavy atom. The molecule has 3 aliphatic heterocycles. The summed E-state index contributed by atoms with van der Waals surface area (Å²) in [6.45, 7) is 6.71. The number of alkyl halides is 3. The Balaban J connectivity index is 1.30. The van der Waals surface area contributed by atoms with Crippen molar-refractivity contribution in [2.45, 2.75) is 44.3 Å². The van der Waals surface area contributed by atoms with E-state index in [-0.39, 0.29) is 17.9 Å². The van der Waals surface area contributed by atoms with Gasteiger partial charge in [0.15, 0.2) is 0 Å². The molecule has 5 rings (SSSR count). The van der Waals surface area contributed by atoms with Crippen LogP contribution >= 0.6 is 0 Å². The maximum absolute atomic E-state index is 13.5. The first-order valence-corrected chi connectivity index (χ1v) is 13.6. The summed E-state index contributed by atoms with van der Waals surface area (Å²) in [5, 5.41) is 3.13. The first kappa shape index (κ1) is 26.0. The Hall–Kier alpha value is -2.58. The van der Waals surface area contributed by atoms with Crippen LogP contribution in [0.5, 0.6) is 0 Å². The molecule has 2 saturated heterocycles. The van der Waals surface area contributed by atoms with E-state index in [1.807, 2.05) is 18.2 Å². The molecule has 2 aromatic carbocycles. The summed E-state index contributed by atoms with van der Waals surface area (Å²) >= 11 is 0. The van der Waals surface area contributed by atoms with Crippen molar-refractivity contribution in [2.75, 3.05) is 57.3 Å². The summed E-state index contributed by atoms with van der Waals surface area (Å²) in [6, 6.07) is 14.3. The van der Waals surface area contributed by atoms with Crippen LogP contribution in [0.1, 0.15) is 36.0 Å². The molecule has 0 radical (unpaired) electrons. The van der Waals surface area contributed by atoms with Crippen LogP contribution < -0.4 is 10.2 Å². The van der Waals surface area contributed by atoms with Gasteiger partial charge in [-0.15, -0.1) is 0 Å². The number of likely N-dealkylation sites (tertiary alicyclic amines) is 1. The fourth-order valence-corrected chi connectivity index (χ4v) is 6.15. The average Bonchev–Trinajstić information content (AvgIpc) is 2.91. The van der Waals surface area contributed by atoms with Gasteiger partial charge in [-0.2, -0.15) is 13.2 Å². The second kappa shape index (κ2) is 11.4. The Morgan fingerprint density at radius 2 is 1.70 bits per heavy atom. The zero-order valence-corrected chi connectivity index (χ0v) is 21.3. The van der Waals surface area contributed by atoms with Crippen LogP contribution in [0.4, 0.5) is 18.9 Å². The molecule has 2 atom stereocenters. The van der Waals surface area contributed by atoms with Crippen molar-refractivity contribution in [3.63, 3.8) is 0 Å². The van der Waals surface area contributed by atoms with Gasteiger partial charge in [-0.05, 0) is 68.1 Å². The molecule has 200 valence electrons. The monoisotopic (exact) mass is 514 g/mol. The van der Waals surface area contributed by atoms with Gasteiger partial charge in [0.2, 0.25) is 5.91 Å². The minimum absolute atomic E-state index is 0.0417. The van der Waals surface area contributed by atoms with Gasteiger partial charge in [0.1, 0.15) is 0 Å². The standard InChI is InChI=1S/C29H37F3N4O/c30-29(31,32)24-9-10-26-23(19-24)20-25(28(37)33-12-16-34-13-5-2-6-14-34)27-21-35(17-18-36(26)27)15-11-22-7-3-1-4-8-22/h1,3-4,7-10,19,25,27H,2,5-6,11-18,20-21H2,(H,33,37)/t25-,27-/m0/s1. The number of fused-ring (bicyclic) bond motifs is 3.